The first kappa shape index (κ1) is 36.0. The fourth-order valence-electron chi connectivity index (χ4n) is 4.99. The van der Waals surface area contributed by atoms with E-state index in [1.807, 2.05) is 74.7 Å². The Balaban J connectivity index is 1.79. The van der Waals surface area contributed by atoms with Gasteiger partial charge < -0.3 is 15.0 Å². The summed E-state index contributed by atoms with van der Waals surface area (Å²) in [6.07, 6.45) is 2.89. The summed E-state index contributed by atoms with van der Waals surface area (Å²) in [5.74, 6) is -0.236. The zero-order valence-electron chi connectivity index (χ0n) is 26.8. The topological polar surface area (TPSA) is 96.0 Å². The Hall–Kier alpha value is -3.80. The number of nitrogens with one attached hydrogen (secondary N) is 1. The molecule has 47 heavy (non-hydrogen) atoms. The maximum Gasteiger partial charge on any atom is 0.264 e. The highest BCUT2D eigenvalue weighted by atomic mass is 79.9. The summed E-state index contributed by atoms with van der Waals surface area (Å²) in [7, 11) is -4.20. The van der Waals surface area contributed by atoms with Gasteiger partial charge in [0.15, 0.2) is 0 Å². The van der Waals surface area contributed by atoms with Crippen LogP contribution >= 0.6 is 27.7 Å². The van der Waals surface area contributed by atoms with E-state index in [1.54, 1.807) is 48.5 Å². The molecule has 1 N–H and O–H groups in total. The highest BCUT2D eigenvalue weighted by molar-refractivity contribution is 9.10. The molecule has 4 rings (SSSR count). The number of rotatable bonds is 16. The molecule has 2 amide bonds. The SMILES string of the molecule is CCCNC(=O)[C@@H](Cc1ccccc1)N(Cc1ccc(Br)cc1)C(=O)CN(c1ccc(OCC)cc1)S(=O)(=O)c1ccc(SC)cc1. The molecule has 0 heterocycles. The highest BCUT2D eigenvalue weighted by Gasteiger charge is 2.34. The van der Waals surface area contributed by atoms with Crippen LogP contribution in [0.25, 0.3) is 0 Å². The summed E-state index contributed by atoms with van der Waals surface area (Å²) in [5, 5.41) is 2.96. The second-order valence-electron chi connectivity index (χ2n) is 10.8. The summed E-state index contributed by atoms with van der Waals surface area (Å²) in [4.78, 5) is 30.8. The van der Waals surface area contributed by atoms with Crippen LogP contribution in [0.5, 0.6) is 5.75 Å². The maximum atomic E-state index is 14.6. The van der Waals surface area contributed by atoms with E-state index in [-0.39, 0.29) is 23.8 Å². The van der Waals surface area contributed by atoms with Gasteiger partial charge in [0.05, 0.1) is 17.2 Å². The molecule has 0 saturated heterocycles. The third-order valence-corrected chi connectivity index (χ3v) is 10.5. The number of thioether (sulfide) groups is 1. The molecule has 4 aromatic carbocycles. The number of carbonyl (C=O) groups excluding carboxylic acids is 2. The number of benzene rings is 4. The second-order valence-corrected chi connectivity index (χ2v) is 14.4. The number of hydrogen-bond donors (Lipinski definition) is 1. The molecule has 0 aliphatic carbocycles. The molecule has 1 atom stereocenters. The lowest BCUT2D eigenvalue weighted by Gasteiger charge is -2.34. The van der Waals surface area contributed by atoms with Gasteiger partial charge in [-0.2, -0.15) is 0 Å². The third-order valence-electron chi connectivity index (χ3n) is 7.45. The Kier molecular flexibility index (Phi) is 13.3. The smallest absolute Gasteiger partial charge is 0.264 e. The molecule has 248 valence electrons. The molecule has 0 fully saturated rings. The van der Waals surface area contributed by atoms with E-state index in [0.29, 0.717) is 24.6 Å². The monoisotopic (exact) mass is 737 g/mol. The van der Waals surface area contributed by atoms with E-state index >= 15 is 0 Å². The van der Waals surface area contributed by atoms with E-state index < -0.39 is 28.5 Å². The van der Waals surface area contributed by atoms with Gasteiger partial charge >= 0.3 is 0 Å². The molecule has 0 saturated carbocycles. The molecule has 0 bridgehead atoms. The van der Waals surface area contributed by atoms with Gasteiger partial charge in [-0.1, -0.05) is 65.3 Å². The van der Waals surface area contributed by atoms with Crippen LogP contribution < -0.4 is 14.4 Å². The number of halogens is 1. The van der Waals surface area contributed by atoms with Crippen molar-refractivity contribution in [2.45, 2.75) is 49.1 Å². The molecule has 0 unspecified atom stereocenters. The van der Waals surface area contributed by atoms with Crippen LogP contribution in [-0.4, -0.2) is 57.1 Å². The Morgan fingerprint density at radius 2 is 1.53 bits per heavy atom. The van der Waals surface area contributed by atoms with Crippen molar-refractivity contribution >= 4 is 55.2 Å². The Bertz CT molecular complexity index is 1700. The minimum absolute atomic E-state index is 0.0537. The number of carbonyl (C=O) groups is 2. The van der Waals surface area contributed by atoms with Crippen LogP contribution in [-0.2, 0) is 32.6 Å². The Morgan fingerprint density at radius 1 is 0.872 bits per heavy atom. The molecule has 11 heteroatoms. The van der Waals surface area contributed by atoms with Crippen molar-refractivity contribution in [3.8, 4) is 5.75 Å². The van der Waals surface area contributed by atoms with Crippen molar-refractivity contribution in [2.75, 3.05) is 30.3 Å². The fourth-order valence-corrected chi connectivity index (χ4v) is 7.07. The molecule has 4 aromatic rings. The zero-order chi connectivity index (χ0) is 33.8. The number of sulfonamides is 1. The number of hydrogen-bond acceptors (Lipinski definition) is 6. The van der Waals surface area contributed by atoms with Crippen molar-refractivity contribution in [2.24, 2.45) is 0 Å². The van der Waals surface area contributed by atoms with E-state index in [4.69, 9.17) is 4.74 Å². The molecular weight excluding hydrogens is 698 g/mol. The molecule has 8 nitrogen and oxygen atoms in total. The van der Waals surface area contributed by atoms with Crippen molar-refractivity contribution in [1.82, 2.24) is 10.2 Å². The quantitative estimate of drug-likeness (QED) is 0.125. The van der Waals surface area contributed by atoms with Crippen molar-refractivity contribution in [1.29, 1.82) is 0 Å². The Labute approximate surface area is 290 Å². The van der Waals surface area contributed by atoms with Crippen molar-refractivity contribution in [3.05, 3.63) is 119 Å². The Morgan fingerprint density at radius 3 is 2.13 bits per heavy atom. The van der Waals surface area contributed by atoms with Crippen LogP contribution in [0.15, 0.2) is 117 Å². The largest absolute Gasteiger partial charge is 0.494 e. The first-order chi connectivity index (χ1) is 22.7. The number of nitrogens with zero attached hydrogens (tertiary/aromatic N) is 2. The predicted molar refractivity (Wildman–Crippen MR) is 192 cm³/mol. The minimum Gasteiger partial charge on any atom is -0.494 e. The highest BCUT2D eigenvalue weighted by Crippen LogP contribution is 2.28. The molecule has 0 radical (unpaired) electrons. The standard InChI is InChI=1S/C36H40BrN3O5S2/c1-4-23-38-36(42)34(24-27-9-7-6-8-10-27)39(25-28-11-13-29(37)14-12-28)35(41)26-40(30-15-17-31(18-16-30)45-5-2)47(43,44)33-21-19-32(46-3)20-22-33/h6-22,34H,4-5,23-26H2,1-3H3,(H,38,42)/t34-/m1/s1. The predicted octanol–water partition coefficient (Wildman–Crippen LogP) is 6.93. The minimum atomic E-state index is -4.20. The van der Waals surface area contributed by atoms with Crippen LogP contribution in [0.1, 0.15) is 31.4 Å². The van der Waals surface area contributed by atoms with Gasteiger partial charge in [0.1, 0.15) is 18.3 Å². The van der Waals surface area contributed by atoms with Crippen molar-refractivity contribution < 1.29 is 22.7 Å². The van der Waals surface area contributed by atoms with Gasteiger partial charge in [-0.3, -0.25) is 13.9 Å². The van der Waals surface area contributed by atoms with Crippen molar-refractivity contribution in [3.63, 3.8) is 0 Å². The second kappa shape index (κ2) is 17.4. The van der Waals surface area contributed by atoms with Gasteiger partial charge in [-0.05, 0) is 91.4 Å². The average molecular weight is 739 g/mol. The summed E-state index contributed by atoms with van der Waals surface area (Å²) >= 11 is 4.97. The number of ether oxygens (including phenoxy) is 1. The van der Waals surface area contributed by atoms with Gasteiger partial charge in [-0.15, -0.1) is 11.8 Å². The lowest BCUT2D eigenvalue weighted by Crippen LogP contribution is -2.53. The zero-order valence-corrected chi connectivity index (χ0v) is 30.0. The first-order valence-electron chi connectivity index (χ1n) is 15.4. The van der Waals surface area contributed by atoms with Gasteiger partial charge in [0.2, 0.25) is 11.8 Å². The third kappa shape index (κ3) is 9.85. The number of amides is 2. The van der Waals surface area contributed by atoms with E-state index in [9.17, 15) is 18.0 Å². The lowest BCUT2D eigenvalue weighted by molar-refractivity contribution is -0.140. The molecule has 0 aliphatic rings. The maximum absolute atomic E-state index is 14.6. The first-order valence-corrected chi connectivity index (χ1v) is 18.9. The lowest BCUT2D eigenvalue weighted by atomic mass is 10.0. The summed E-state index contributed by atoms with van der Waals surface area (Å²) in [5.41, 5.74) is 1.98. The normalized spacial score (nSPS) is 11.8. The van der Waals surface area contributed by atoms with Gasteiger partial charge in [0, 0.05) is 28.9 Å². The van der Waals surface area contributed by atoms with Crippen LogP contribution in [0, 0.1) is 0 Å². The van der Waals surface area contributed by atoms with Crippen LogP contribution in [0.4, 0.5) is 5.69 Å². The van der Waals surface area contributed by atoms with Crippen LogP contribution in [0.3, 0.4) is 0 Å². The molecular formula is C36H40BrN3O5S2. The van der Waals surface area contributed by atoms with E-state index in [0.717, 1.165) is 31.2 Å². The summed E-state index contributed by atoms with van der Waals surface area (Å²) < 4.78 is 36.1. The average Bonchev–Trinajstić information content (AvgIpc) is 3.09. The van der Waals surface area contributed by atoms with Gasteiger partial charge in [-0.25, -0.2) is 8.42 Å². The number of anilines is 1. The van der Waals surface area contributed by atoms with E-state index in [2.05, 4.69) is 21.2 Å². The molecule has 0 spiro atoms. The van der Waals surface area contributed by atoms with Crippen LogP contribution in [0.2, 0.25) is 0 Å². The molecule has 0 aromatic heterocycles. The van der Waals surface area contributed by atoms with Gasteiger partial charge in [0.25, 0.3) is 10.0 Å². The van der Waals surface area contributed by atoms with E-state index in [1.165, 1.54) is 16.7 Å². The summed E-state index contributed by atoms with van der Waals surface area (Å²) in [6.45, 7) is 4.30. The summed E-state index contributed by atoms with van der Waals surface area (Å²) in [6, 6.07) is 29.3. The molecule has 0 aliphatic heterocycles. The fraction of sp³-hybridized carbons (Fsp3) is 0.278.